The molecule has 1 amide bonds. The molecule has 1 aromatic heterocycles. The number of anilines is 1. The molecule has 0 saturated carbocycles. The first-order valence-corrected chi connectivity index (χ1v) is 11.1. The summed E-state index contributed by atoms with van der Waals surface area (Å²) in [6.07, 6.45) is 0.454. The number of benzene rings is 3. The number of hydrogen-bond donors (Lipinski definition) is 0. The first-order valence-electron chi connectivity index (χ1n) is 10.3. The van der Waals surface area contributed by atoms with Crippen molar-refractivity contribution in [1.82, 2.24) is 9.55 Å². The quantitative estimate of drug-likeness (QED) is 0.389. The average Bonchev–Trinajstić information content (AvgIpc) is 3.36. The van der Waals surface area contributed by atoms with E-state index in [1.807, 2.05) is 47.4 Å². The summed E-state index contributed by atoms with van der Waals surface area (Å²) in [6, 6.07) is 24.2. The minimum Gasteiger partial charge on any atom is -0.497 e. The second-order valence-electron chi connectivity index (χ2n) is 7.77. The molecule has 0 unspecified atom stereocenters. The number of imidazole rings is 1. The zero-order chi connectivity index (χ0) is 21.4. The lowest BCUT2D eigenvalue weighted by Crippen LogP contribution is -2.24. The fraction of sp³-hybridized carbons (Fsp3) is 0.200. The van der Waals surface area contributed by atoms with Crippen LogP contribution in [-0.4, -0.2) is 29.1 Å². The standard InChI is InChI=1S/C25H22BrN3O2/c1-31-21-12-10-20(11-13-21)28-16-18(14-24(28)30)25-27-22-4-2-3-5-23(22)29(25)15-17-6-8-19(26)9-7-17/h2-13,18H,14-16H2,1H3/t18-/m1/s1. The van der Waals surface area contributed by atoms with Crippen molar-refractivity contribution in [3.63, 3.8) is 0 Å². The van der Waals surface area contributed by atoms with Gasteiger partial charge in [0.15, 0.2) is 0 Å². The summed E-state index contributed by atoms with van der Waals surface area (Å²) < 4.78 is 8.56. The molecule has 31 heavy (non-hydrogen) atoms. The van der Waals surface area contributed by atoms with Crippen LogP contribution < -0.4 is 9.64 Å². The fourth-order valence-electron chi connectivity index (χ4n) is 4.24. The first-order chi connectivity index (χ1) is 15.1. The van der Waals surface area contributed by atoms with Crippen molar-refractivity contribution in [1.29, 1.82) is 0 Å². The van der Waals surface area contributed by atoms with Crippen LogP contribution in [0.4, 0.5) is 5.69 Å². The van der Waals surface area contributed by atoms with Gasteiger partial charge in [0.25, 0.3) is 0 Å². The number of rotatable bonds is 5. The monoisotopic (exact) mass is 475 g/mol. The lowest BCUT2D eigenvalue weighted by Gasteiger charge is -2.18. The topological polar surface area (TPSA) is 47.4 Å². The number of methoxy groups -OCH3 is 1. The van der Waals surface area contributed by atoms with Crippen LogP contribution in [0, 0.1) is 0 Å². The zero-order valence-corrected chi connectivity index (χ0v) is 18.7. The van der Waals surface area contributed by atoms with Crippen molar-refractivity contribution < 1.29 is 9.53 Å². The number of para-hydroxylation sites is 2. The van der Waals surface area contributed by atoms with Gasteiger partial charge in [-0.2, -0.15) is 0 Å². The minimum atomic E-state index is 0.0393. The van der Waals surface area contributed by atoms with Crippen molar-refractivity contribution in [3.8, 4) is 5.75 Å². The molecule has 0 bridgehead atoms. The third kappa shape index (κ3) is 3.83. The van der Waals surface area contributed by atoms with Crippen LogP contribution in [0.2, 0.25) is 0 Å². The van der Waals surface area contributed by atoms with Crippen molar-refractivity contribution in [2.45, 2.75) is 18.9 Å². The van der Waals surface area contributed by atoms with Crippen molar-refractivity contribution in [2.75, 3.05) is 18.6 Å². The van der Waals surface area contributed by atoms with E-state index in [4.69, 9.17) is 9.72 Å². The Kier molecular flexibility index (Phi) is 5.24. The maximum absolute atomic E-state index is 12.9. The molecular formula is C25H22BrN3O2. The van der Waals surface area contributed by atoms with Gasteiger partial charge in [-0.1, -0.05) is 40.2 Å². The molecule has 156 valence electrons. The second kappa shape index (κ2) is 8.19. The maximum atomic E-state index is 12.9. The number of aromatic nitrogens is 2. The maximum Gasteiger partial charge on any atom is 0.227 e. The van der Waals surface area contributed by atoms with Crippen LogP contribution in [0.1, 0.15) is 23.7 Å². The molecule has 5 rings (SSSR count). The Bertz CT molecular complexity index is 1230. The van der Waals surface area contributed by atoms with E-state index in [0.29, 0.717) is 13.0 Å². The number of fused-ring (bicyclic) bond motifs is 1. The third-order valence-electron chi connectivity index (χ3n) is 5.81. The van der Waals surface area contributed by atoms with Gasteiger partial charge in [-0.05, 0) is 54.1 Å². The molecule has 4 aromatic rings. The van der Waals surface area contributed by atoms with Crippen LogP contribution in [0.25, 0.3) is 11.0 Å². The van der Waals surface area contributed by atoms with Gasteiger partial charge in [0.2, 0.25) is 5.91 Å². The third-order valence-corrected chi connectivity index (χ3v) is 6.34. The summed E-state index contributed by atoms with van der Waals surface area (Å²) in [5.41, 5.74) is 4.15. The number of ether oxygens (including phenoxy) is 1. The molecule has 0 radical (unpaired) electrons. The summed E-state index contributed by atoms with van der Waals surface area (Å²) >= 11 is 3.51. The highest BCUT2D eigenvalue weighted by molar-refractivity contribution is 9.10. The van der Waals surface area contributed by atoms with E-state index in [0.717, 1.165) is 39.3 Å². The number of amides is 1. The van der Waals surface area contributed by atoms with Crippen LogP contribution >= 0.6 is 15.9 Å². The Labute approximate surface area is 189 Å². The Morgan fingerprint density at radius 1 is 1.03 bits per heavy atom. The molecule has 1 aliphatic heterocycles. The van der Waals surface area contributed by atoms with Gasteiger partial charge in [0, 0.05) is 35.6 Å². The van der Waals surface area contributed by atoms with Gasteiger partial charge in [-0.15, -0.1) is 0 Å². The van der Waals surface area contributed by atoms with Gasteiger partial charge in [0.1, 0.15) is 11.6 Å². The Morgan fingerprint density at radius 3 is 2.52 bits per heavy atom. The van der Waals surface area contributed by atoms with E-state index in [1.165, 1.54) is 5.56 Å². The predicted molar refractivity (Wildman–Crippen MR) is 126 cm³/mol. The number of carbonyl (C=O) groups excluding carboxylic acids is 1. The predicted octanol–water partition coefficient (Wildman–Crippen LogP) is 5.38. The van der Waals surface area contributed by atoms with Gasteiger partial charge < -0.3 is 14.2 Å². The highest BCUT2D eigenvalue weighted by Gasteiger charge is 2.34. The number of halogens is 1. The number of carbonyl (C=O) groups is 1. The molecule has 2 heterocycles. The largest absolute Gasteiger partial charge is 0.497 e. The molecule has 0 aliphatic carbocycles. The molecule has 1 atom stereocenters. The normalized spacial score (nSPS) is 16.3. The van der Waals surface area contributed by atoms with Crippen molar-refractivity contribution in [2.24, 2.45) is 0 Å². The van der Waals surface area contributed by atoms with Crippen LogP contribution in [0.3, 0.4) is 0 Å². The average molecular weight is 476 g/mol. The van der Waals surface area contributed by atoms with Gasteiger partial charge >= 0.3 is 0 Å². The smallest absolute Gasteiger partial charge is 0.227 e. The highest BCUT2D eigenvalue weighted by Crippen LogP contribution is 2.34. The number of hydrogen-bond acceptors (Lipinski definition) is 3. The van der Waals surface area contributed by atoms with E-state index < -0.39 is 0 Å². The van der Waals surface area contributed by atoms with Crippen LogP contribution in [0.15, 0.2) is 77.3 Å². The lowest BCUT2D eigenvalue weighted by atomic mass is 10.1. The highest BCUT2D eigenvalue weighted by atomic mass is 79.9. The number of nitrogens with zero attached hydrogens (tertiary/aromatic N) is 3. The van der Waals surface area contributed by atoms with E-state index in [9.17, 15) is 4.79 Å². The molecule has 0 spiro atoms. The molecule has 1 aliphatic rings. The Balaban J connectivity index is 1.49. The SMILES string of the molecule is COc1ccc(N2C[C@H](c3nc4ccccc4n3Cc3ccc(Br)cc3)CC2=O)cc1. The van der Waals surface area contributed by atoms with Crippen LogP contribution in [-0.2, 0) is 11.3 Å². The Morgan fingerprint density at radius 2 is 1.77 bits per heavy atom. The molecule has 1 fully saturated rings. The van der Waals surface area contributed by atoms with Crippen molar-refractivity contribution in [3.05, 3.63) is 88.7 Å². The van der Waals surface area contributed by atoms with Crippen LogP contribution in [0.5, 0.6) is 5.75 Å². The summed E-state index contributed by atoms with van der Waals surface area (Å²) in [6.45, 7) is 1.34. The van der Waals surface area contributed by atoms with E-state index in [-0.39, 0.29) is 11.8 Å². The zero-order valence-electron chi connectivity index (χ0n) is 17.2. The van der Waals surface area contributed by atoms with E-state index >= 15 is 0 Å². The van der Waals surface area contributed by atoms with Gasteiger partial charge in [-0.25, -0.2) is 4.98 Å². The van der Waals surface area contributed by atoms with E-state index in [2.05, 4.69) is 50.8 Å². The van der Waals surface area contributed by atoms with Gasteiger partial charge in [0.05, 0.1) is 18.1 Å². The minimum absolute atomic E-state index is 0.0393. The summed E-state index contributed by atoms with van der Waals surface area (Å²) in [4.78, 5) is 19.7. The summed E-state index contributed by atoms with van der Waals surface area (Å²) in [7, 11) is 1.64. The molecule has 3 aromatic carbocycles. The lowest BCUT2D eigenvalue weighted by molar-refractivity contribution is -0.117. The molecular weight excluding hydrogens is 454 g/mol. The molecule has 5 nitrogen and oxygen atoms in total. The first kappa shape index (κ1) is 19.8. The molecule has 0 N–H and O–H groups in total. The second-order valence-corrected chi connectivity index (χ2v) is 8.69. The summed E-state index contributed by atoms with van der Waals surface area (Å²) in [5.74, 6) is 1.91. The van der Waals surface area contributed by atoms with Crippen molar-refractivity contribution >= 4 is 38.6 Å². The molecule has 6 heteroatoms. The van der Waals surface area contributed by atoms with E-state index in [1.54, 1.807) is 7.11 Å². The fourth-order valence-corrected chi connectivity index (χ4v) is 4.50. The summed E-state index contributed by atoms with van der Waals surface area (Å²) in [5, 5.41) is 0. The Hall–Kier alpha value is -3.12. The van der Waals surface area contributed by atoms with Gasteiger partial charge in [-0.3, -0.25) is 4.79 Å². The molecule has 1 saturated heterocycles.